The van der Waals surface area contributed by atoms with E-state index in [2.05, 4.69) is 10.4 Å². The van der Waals surface area contributed by atoms with E-state index < -0.39 is 0 Å². The van der Waals surface area contributed by atoms with Gasteiger partial charge in [0.05, 0.1) is 5.69 Å². The molecule has 0 unspecified atom stereocenters. The molecular weight excluding hydrogens is 316 g/mol. The highest BCUT2D eigenvalue weighted by Gasteiger charge is 2.20. The molecule has 0 atom stereocenters. The van der Waals surface area contributed by atoms with Crippen LogP contribution in [0.15, 0.2) is 42.6 Å². The lowest BCUT2D eigenvalue weighted by atomic mass is 10.00. The van der Waals surface area contributed by atoms with E-state index >= 15 is 0 Å². The number of aromatic nitrogens is 2. The van der Waals surface area contributed by atoms with Crippen LogP contribution < -0.4 is 5.32 Å². The number of hydrogen-bond acceptors (Lipinski definition) is 3. The highest BCUT2D eigenvalue weighted by atomic mass is 16.2. The average Bonchev–Trinajstić information content (AvgIpc) is 2.94. The molecule has 128 valence electrons. The molecule has 0 aliphatic rings. The first-order chi connectivity index (χ1) is 11.9. The Morgan fingerprint density at radius 3 is 2.44 bits per heavy atom. The van der Waals surface area contributed by atoms with Crippen molar-refractivity contribution in [3.8, 4) is 0 Å². The second-order valence-corrected chi connectivity index (χ2v) is 6.19. The first kappa shape index (κ1) is 16.7. The van der Waals surface area contributed by atoms with Crippen molar-refractivity contribution in [3.63, 3.8) is 0 Å². The van der Waals surface area contributed by atoms with Gasteiger partial charge in [-0.15, -0.1) is 0 Å². The summed E-state index contributed by atoms with van der Waals surface area (Å²) in [6.07, 6.45) is 1.63. The van der Waals surface area contributed by atoms with Crippen molar-refractivity contribution < 1.29 is 9.59 Å². The topological polar surface area (TPSA) is 67.2 Å². The van der Waals surface area contributed by atoms with Crippen LogP contribution >= 0.6 is 0 Å². The van der Waals surface area contributed by atoms with E-state index in [1.54, 1.807) is 33.4 Å². The van der Waals surface area contributed by atoms with Gasteiger partial charge in [0.2, 0.25) is 0 Å². The van der Waals surface area contributed by atoms with Crippen LogP contribution in [-0.2, 0) is 7.05 Å². The second kappa shape index (κ2) is 6.39. The summed E-state index contributed by atoms with van der Waals surface area (Å²) in [5.74, 6) is -0.526. The van der Waals surface area contributed by atoms with Crippen molar-refractivity contribution in [1.29, 1.82) is 0 Å². The number of carbonyl (C=O) groups excluding carboxylic acids is 2. The maximum atomic E-state index is 12.8. The zero-order valence-electron chi connectivity index (χ0n) is 14.7. The number of amides is 2. The number of aryl methyl sites for hydroxylation is 2. The lowest BCUT2D eigenvalue weighted by Crippen LogP contribution is -2.24. The number of nitrogens with zero attached hydrogens (tertiary/aromatic N) is 3. The van der Waals surface area contributed by atoms with Gasteiger partial charge in [-0.1, -0.05) is 30.3 Å². The van der Waals surface area contributed by atoms with Crippen molar-refractivity contribution in [2.75, 3.05) is 19.4 Å². The second-order valence-electron chi connectivity index (χ2n) is 6.19. The van der Waals surface area contributed by atoms with Gasteiger partial charge in [-0.05, 0) is 29.3 Å². The molecule has 0 radical (unpaired) electrons. The van der Waals surface area contributed by atoms with Crippen molar-refractivity contribution in [2.24, 2.45) is 7.05 Å². The van der Waals surface area contributed by atoms with Gasteiger partial charge >= 0.3 is 0 Å². The van der Waals surface area contributed by atoms with E-state index in [0.717, 1.165) is 16.3 Å². The van der Waals surface area contributed by atoms with Gasteiger partial charge in [0.25, 0.3) is 11.8 Å². The first-order valence-electron chi connectivity index (χ1n) is 7.93. The summed E-state index contributed by atoms with van der Waals surface area (Å²) in [7, 11) is 5.01. The lowest BCUT2D eigenvalue weighted by molar-refractivity contribution is 0.0822. The number of nitrogens with one attached hydrogen (secondary N) is 1. The standard InChI is InChI=1S/C19H20N4O2/c1-12-9-10-15(14-8-6-5-7-13(12)14)18(24)20-16-11-23(4)21-17(16)19(25)22(2)3/h5-11H,1-4H3,(H,20,24). The average molecular weight is 336 g/mol. The van der Waals surface area contributed by atoms with E-state index in [-0.39, 0.29) is 17.5 Å². The fourth-order valence-electron chi connectivity index (χ4n) is 2.79. The third kappa shape index (κ3) is 3.10. The Balaban J connectivity index is 2.00. The van der Waals surface area contributed by atoms with Crippen molar-refractivity contribution in [1.82, 2.24) is 14.7 Å². The fraction of sp³-hybridized carbons (Fsp3) is 0.211. The van der Waals surface area contributed by atoms with E-state index in [0.29, 0.717) is 11.3 Å². The number of anilines is 1. The molecular formula is C19H20N4O2. The van der Waals surface area contributed by atoms with Gasteiger partial charge in [-0.3, -0.25) is 14.3 Å². The molecule has 0 bridgehead atoms. The lowest BCUT2D eigenvalue weighted by Gasteiger charge is -2.11. The van der Waals surface area contributed by atoms with Crippen LogP contribution in [0.4, 0.5) is 5.69 Å². The summed E-state index contributed by atoms with van der Waals surface area (Å²) < 4.78 is 1.51. The first-order valence-corrected chi connectivity index (χ1v) is 7.93. The summed E-state index contributed by atoms with van der Waals surface area (Å²) >= 11 is 0. The summed E-state index contributed by atoms with van der Waals surface area (Å²) in [6.45, 7) is 2.01. The van der Waals surface area contributed by atoms with Crippen molar-refractivity contribution in [3.05, 3.63) is 59.4 Å². The van der Waals surface area contributed by atoms with E-state index in [1.807, 2.05) is 37.3 Å². The van der Waals surface area contributed by atoms with E-state index in [4.69, 9.17) is 0 Å². The molecule has 0 aliphatic carbocycles. The fourth-order valence-corrected chi connectivity index (χ4v) is 2.79. The molecule has 0 spiro atoms. The Morgan fingerprint density at radius 2 is 1.76 bits per heavy atom. The Morgan fingerprint density at radius 1 is 1.08 bits per heavy atom. The third-order valence-corrected chi connectivity index (χ3v) is 4.07. The summed E-state index contributed by atoms with van der Waals surface area (Å²) in [4.78, 5) is 26.5. The minimum atomic E-state index is -0.267. The Bertz CT molecular complexity index is 973. The monoisotopic (exact) mass is 336 g/mol. The highest BCUT2D eigenvalue weighted by molar-refractivity contribution is 6.14. The normalized spacial score (nSPS) is 10.7. The molecule has 2 amide bonds. The Labute approximate surface area is 146 Å². The molecule has 3 aromatic rings. The third-order valence-electron chi connectivity index (χ3n) is 4.07. The zero-order valence-corrected chi connectivity index (χ0v) is 14.7. The minimum Gasteiger partial charge on any atom is -0.343 e. The number of fused-ring (bicyclic) bond motifs is 1. The quantitative estimate of drug-likeness (QED) is 0.800. The summed E-state index contributed by atoms with van der Waals surface area (Å²) in [5, 5.41) is 8.90. The van der Waals surface area contributed by atoms with Gasteiger partial charge in [0, 0.05) is 32.9 Å². The van der Waals surface area contributed by atoms with Crippen molar-refractivity contribution >= 4 is 28.3 Å². The molecule has 1 N–H and O–H groups in total. The molecule has 0 fully saturated rings. The maximum absolute atomic E-state index is 12.8. The van der Waals surface area contributed by atoms with Gasteiger partial charge in [-0.2, -0.15) is 5.10 Å². The van der Waals surface area contributed by atoms with Crippen LogP contribution in [-0.4, -0.2) is 40.6 Å². The largest absolute Gasteiger partial charge is 0.343 e. The summed E-state index contributed by atoms with van der Waals surface area (Å²) in [5.41, 5.74) is 2.29. The van der Waals surface area contributed by atoms with Gasteiger partial charge in [0.1, 0.15) is 0 Å². The predicted octanol–water partition coefficient (Wildman–Crippen LogP) is 2.84. The van der Waals surface area contributed by atoms with Gasteiger partial charge in [0.15, 0.2) is 5.69 Å². The zero-order chi connectivity index (χ0) is 18.1. The van der Waals surface area contributed by atoms with Gasteiger partial charge in [-0.25, -0.2) is 0 Å². The minimum absolute atomic E-state index is 0.220. The van der Waals surface area contributed by atoms with E-state index in [1.165, 1.54) is 9.58 Å². The predicted molar refractivity (Wildman–Crippen MR) is 97.9 cm³/mol. The van der Waals surface area contributed by atoms with Gasteiger partial charge < -0.3 is 10.2 Å². The number of benzene rings is 2. The number of rotatable bonds is 3. The Hall–Kier alpha value is -3.15. The molecule has 3 rings (SSSR count). The number of hydrogen-bond donors (Lipinski definition) is 1. The van der Waals surface area contributed by atoms with Crippen LogP contribution in [0.1, 0.15) is 26.4 Å². The molecule has 6 nitrogen and oxygen atoms in total. The molecule has 0 saturated heterocycles. The highest BCUT2D eigenvalue weighted by Crippen LogP contribution is 2.24. The van der Waals surface area contributed by atoms with Crippen LogP contribution in [0.25, 0.3) is 10.8 Å². The SMILES string of the molecule is Cc1ccc(C(=O)Nc2cn(C)nc2C(=O)N(C)C)c2ccccc12. The van der Waals surface area contributed by atoms with Crippen molar-refractivity contribution in [2.45, 2.75) is 6.92 Å². The molecule has 0 saturated carbocycles. The van der Waals surface area contributed by atoms with Crippen LogP contribution in [0, 0.1) is 6.92 Å². The molecule has 1 heterocycles. The van der Waals surface area contributed by atoms with E-state index in [9.17, 15) is 9.59 Å². The van der Waals surface area contributed by atoms with Crippen LogP contribution in [0.3, 0.4) is 0 Å². The Kier molecular flexibility index (Phi) is 4.27. The molecule has 2 aromatic carbocycles. The van der Waals surface area contributed by atoms with Crippen LogP contribution in [0.2, 0.25) is 0 Å². The molecule has 0 aliphatic heterocycles. The smallest absolute Gasteiger partial charge is 0.276 e. The molecule has 1 aromatic heterocycles. The molecule has 25 heavy (non-hydrogen) atoms. The molecule has 6 heteroatoms. The summed E-state index contributed by atoms with van der Waals surface area (Å²) in [6, 6.07) is 11.5. The number of carbonyl (C=O) groups is 2. The van der Waals surface area contributed by atoms with Crippen LogP contribution in [0.5, 0.6) is 0 Å². The maximum Gasteiger partial charge on any atom is 0.276 e.